The average molecular weight is 474 g/mol. The Labute approximate surface area is 205 Å². The molecule has 6 heteroatoms. The highest BCUT2D eigenvalue weighted by atomic mass is 32.1. The van der Waals surface area contributed by atoms with Crippen molar-refractivity contribution in [1.82, 2.24) is 9.88 Å². The van der Waals surface area contributed by atoms with Crippen molar-refractivity contribution in [2.45, 2.75) is 26.4 Å². The highest BCUT2D eigenvalue weighted by Crippen LogP contribution is 2.42. The molecule has 0 bridgehead atoms. The first-order chi connectivity index (χ1) is 16.5. The Morgan fingerprint density at radius 3 is 2.59 bits per heavy atom. The van der Waals surface area contributed by atoms with Crippen LogP contribution in [-0.2, 0) is 16.1 Å². The molecule has 2 fully saturated rings. The van der Waals surface area contributed by atoms with Crippen LogP contribution < -0.4 is 4.90 Å². The molecule has 0 amide bonds. The van der Waals surface area contributed by atoms with Gasteiger partial charge >= 0.3 is 0 Å². The Morgan fingerprint density at radius 2 is 1.85 bits per heavy atom. The maximum atomic E-state index is 13.8. The maximum absolute atomic E-state index is 13.8. The van der Waals surface area contributed by atoms with Crippen molar-refractivity contribution < 1.29 is 9.53 Å². The monoisotopic (exact) mass is 473 g/mol. The molecule has 4 heterocycles. The molecule has 34 heavy (non-hydrogen) atoms. The Morgan fingerprint density at radius 1 is 1.06 bits per heavy atom. The second kappa shape index (κ2) is 9.82. The van der Waals surface area contributed by atoms with Crippen LogP contribution in [0.3, 0.4) is 0 Å². The van der Waals surface area contributed by atoms with Crippen molar-refractivity contribution in [2.75, 3.05) is 37.7 Å². The van der Waals surface area contributed by atoms with E-state index in [-0.39, 0.29) is 11.8 Å². The van der Waals surface area contributed by atoms with Gasteiger partial charge in [-0.15, -0.1) is 11.3 Å². The number of anilines is 1. The van der Waals surface area contributed by atoms with Gasteiger partial charge in [0.1, 0.15) is 5.82 Å². The van der Waals surface area contributed by atoms with E-state index in [1.165, 1.54) is 4.88 Å². The lowest BCUT2D eigenvalue weighted by atomic mass is 9.74. The summed E-state index contributed by atoms with van der Waals surface area (Å²) in [6.07, 6.45) is 2.02. The third-order valence-electron chi connectivity index (χ3n) is 6.58. The van der Waals surface area contributed by atoms with Crippen LogP contribution in [0.1, 0.15) is 36.0 Å². The SMILES string of the molecule is CC1(C)CN(Cc2cccs2)C(c2ccccc2)/C(=C/c2cccc(N3CCOCC3)n2)C1=O. The largest absolute Gasteiger partial charge is 0.378 e. The predicted octanol–water partition coefficient (Wildman–Crippen LogP) is 5.22. The number of nitrogens with zero attached hydrogens (tertiary/aromatic N) is 3. The fourth-order valence-corrected chi connectivity index (χ4v) is 5.68. The number of ether oxygens (including phenoxy) is 1. The van der Waals surface area contributed by atoms with Gasteiger partial charge in [0.25, 0.3) is 0 Å². The Balaban J connectivity index is 1.57. The van der Waals surface area contributed by atoms with E-state index < -0.39 is 5.41 Å². The molecule has 5 rings (SSSR count). The lowest BCUT2D eigenvalue weighted by Crippen LogP contribution is -2.48. The number of benzene rings is 1. The molecule has 2 saturated heterocycles. The molecule has 2 aromatic heterocycles. The van der Waals surface area contributed by atoms with Gasteiger partial charge in [-0.25, -0.2) is 4.98 Å². The number of ketones is 1. The molecule has 2 aliphatic rings. The fraction of sp³-hybridized carbons (Fsp3) is 0.357. The quantitative estimate of drug-likeness (QED) is 0.476. The minimum atomic E-state index is -0.476. The lowest BCUT2D eigenvalue weighted by Gasteiger charge is -2.44. The van der Waals surface area contributed by atoms with Crippen LogP contribution in [0.5, 0.6) is 0 Å². The number of likely N-dealkylation sites (tertiary alicyclic amines) is 1. The summed E-state index contributed by atoms with van der Waals surface area (Å²) in [7, 11) is 0. The lowest BCUT2D eigenvalue weighted by molar-refractivity contribution is -0.128. The van der Waals surface area contributed by atoms with Gasteiger partial charge in [-0.2, -0.15) is 0 Å². The molecule has 1 unspecified atom stereocenters. The van der Waals surface area contributed by atoms with Crippen molar-refractivity contribution >= 4 is 29.0 Å². The van der Waals surface area contributed by atoms with Gasteiger partial charge in [0.2, 0.25) is 0 Å². The summed E-state index contributed by atoms with van der Waals surface area (Å²) in [4.78, 5) is 24.7. The van der Waals surface area contributed by atoms with Gasteiger partial charge < -0.3 is 9.64 Å². The van der Waals surface area contributed by atoms with Crippen LogP contribution in [0.25, 0.3) is 6.08 Å². The third kappa shape index (κ3) is 4.85. The van der Waals surface area contributed by atoms with E-state index >= 15 is 0 Å². The summed E-state index contributed by atoms with van der Waals surface area (Å²) in [6, 6.07) is 20.6. The van der Waals surface area contributed by atoms with Gasteiger partial charge in [0.15, 0.2) is 5.78 Å². The minimum absolute atomic E-state index is 0.113. The van der Waals surface area contributed by atoms with Gasteiger partial charge in [-0.1, -0.05) is 56.3 Å². The zero-order chi connectivity index (χ0) is 23.5. The first-order valence-electron chi connectivity index (χ1n) is 11.9. The summed E-state index contributed by atoms with van der Waals surface area (Å²) >= 11 is 1.76. The molecular weight excluding hydrogens is 442 g/mol. The summed E-state index contributed by atoms with van der Waals surface area (Å²) < 4.78 is 5.50. The van der Waals surface area contributed by atoms with E-state index in [1.54, 1.807) is 11.3 Å². The zero-order valence-corrected chi connectivity index (χ0v) is 20.6. The number of hydrogen-bond acceptors (Lipinski definition) is 6. The number of aromatic nitrogens is 1. The van der Waals surface area contributed by atoms with Crippen LogP contribution in [-0.4, -0.2) is 48.5 Å². The van der Waals surface area contributed by atoms with Crippen LogP contribution in [0.4, 0.5) is 5.82 Å². The van der Waals surface area contributed by atoms with Gasteiger partial charge in [-0.3, -0.25) is 9.69 Å². The number of piperidine rings is 1. The van der Waals surface area contributed by atoms with Crippen molar-refractivity contribution in [3.63, 3.8) is 0 Å². The van der Waals surface area contributed by atoms with E-state index in [4.69, 9.17) is 9.72 Å². The first kappa shape index (κ1) is 23.0. The van der Waals surface area contributed by atoms with Crippen LogP contribution in [0.2, 0.25) is 0 Å². The van der Waals surface area contributed by atoms with Gasteiger partial charge in [0.05, 0.1) is 24.9 Å². The Bertz CT molecular complexity index is 1150. The van der Waals surface area contributed by atoms with E-state index in [0.717, 1.165) is 42.3 Å². The van der Waals surface area contributed by atoms with Gasteiger partial charge in [-0.05, 0) is 35.2 Å². The summed E-state index contributed by atoms with van der Waals surface area (Å²) in [5.74, 6) is 1.13. The van der Waals surface area contributed by atoms with Crippen LogP contribution >= 0.6 is 11.3 Å². The molecule has 0 saturated carbocycles. The number of morpholine rings is 1. The second-order valence-corrected chi connectivity index (χ2v) is 10.7. The van der Waals surface area contributed by atoms with E-state index in [0.29, 0.717) is 19.8 Å². The number of Topliss-reactive ketones (excluding diaryl/α,β-unsaturated/α-hetero) is 1. The molecule has 0 aliphatic carbocycles. The summed E-state index contributed by atoms with van der Waals surface area (Å²) in [5.41, 5.74) is 2.29. The Kier molecular flexibility index (Phi) is 6.63. The smallest absolute Gasteiger partial charge is 0.167 e. The zero-order valence-electron chi connectivity index (χ0n) is 19.8. The van der Waals surface area contributed by atoms with Gasteiger partial charge in [0, 0.05) is 42.0 Å². The van der Waals surface area contributed by atoms with E-state index in [1.807, 2.05) is 30.3 Å². The number of carbonyl (C=O) groups is 1. The molecule has 5 nitrogen and oxygen atoms in total. The molecule has 1 aromatic carbocycles. The maximum Gasteiger partial charge on any atom is 0.167 e. The van der Waals surface area contributed by atoms with Crippen LogP contribution in [0, 0.1) is 5.41 Å². The molecule has 2 aliphatic heterocycles. The average Bonchev–Trinajstić information content (AvgIpc) is 3.37. The first-order valence-corrected chi connectivity index (χ1v) is 12.8. The standard InChI is InChI=1S/C28H31N3O2S/c1-28(2)20-31(19-23-11-7-17-34-23)26(21-8-4-3-5-9-21)24(27(28)32)18-22-10-6-12-25(29-22)30-13-15-33-16-14-30/h3-12,17-18,26H,13-16,19-20H2,1-2H3/b24-18-. The Hall–Kier alpha value is -2.80. The van der Waals surface area contributed by atoms with Crippen molar-refractivity contribution in [2.24, 2.45) is 5.41 Å². The number of hydrogen-bond donors (Lipinski definition) is 0. The molecule has 3 aromatic rings. The number of pyridine rings is 1. The number of rotatable bonds is 5. The number of carbonyl (C=O) groups excluding carboxylic acids is 1. The molecule has 1 atom stereocenters. The predicted molar refractivity (Wildman–Crippen MR) is 138 cm³/mol. The van der Waals surface area contributed by atoms with Crippen molar-refractivity contribution in [3.8, 4) is 0 Å². The van der Waals surface area contributed by atoms with Crippen molar-refractivity contribution in [1.29, 1.82) is 0 Å². The summed E-state index contributed by atoms with van der Waals surface area (Å²) in [6.45, 7) is 8.74. The normalized spacial score (nSPS) is 22.3. The third-order valence-corrected chi connectivity index (χ3v) is 7.44. The van der Waals surface area contributed by atoms with E-state index in [9.17, 15) is 4.79 Å². The molecule has 176 valence electrons. The summed E-state index contributed by atoms with van der Waals surface area (Å²) in [5, 5.41) is 2.12. The molecule has 0 N–H and O–H groups in total. The fourth-order valence-electron chi connectivity index (χ4n) is 4.95. The molecular formula is C28H31N3O2S. The highest BCUT2D eigenvalue weighted by molar-refractivity contribution is 7.09. The molecule has 0 spiro atoms. The number of thiophene rings is 1. The van der Waals surface area contributed by atoms with Crippen LogP contribution in [0.15, 0.2) is 71.6 Å². The molecule has 0 radical (unpaired) electrons. The minimum Gasteiger partial charge on any atom is -0.378 e. The van der Waals surface area contributed by atoms with Crippen molar-refractivity contribution in [3.05, 3.63) is 87.8 Å². The second-order valence-electron chi connectivity index (χ2n) is 9.63. The topological polar surface area (TPSA) is 45.7 Å². The highest BCUT2D eigenvalue weighted by Gasteiger charge is 2.44. The van der Waals surface area contributed by atoms with E-state index in [2.05, 4.69) is 65.4 Å².